The highest BCUT2D eigenvalue weighted by molar-refractivity contribution is 5.16. The molecule has 0 radical (unpaired) electrons. The molecule has 1 aromatic rings. The maximum atomic E-state index is 5.98. The van der Waals surface area contributed by atoms with Crippen LogP contribution in [0, 0.1) is 0 Å². The Balaban J connectivity index is 2.08. The molecule has 1 fully saturated rings. The van der Waals surface area contributed by atoms with E-state index in [0.29, 0.717) is 6.04 Å². The maximum Gasteiger partial charge on any atom is 0.121 e. The van der Waals surface area contributed by atoms with E-state index in [1.54, 1.807) is 0 Å². The van der Waals surface area contributed by atoms with Gasteiger partial charge in [-0.2, -0.15) is 0 Å². The molecule has 1 saturated heterocycles. The standard InChI is InChI=1S/C14H23NO2/c1-11(15-7-9-16-10-8-15)12-5-6-13(17-12)14(2,3)4/h5-6,11H,7-10H2,1-4H3. The molecule has 1 aliphatic heterocycles. The van der Waals surface area contributed by atoms with Gasteiger partial charge in [-0.25, -0.2) is 0 Å². The Morgan fingerprint density at radius 1 is 1.18 bits per heavy atom. The minimum Gasteiger partial charge on any atom is -0.464 e. The molecule has 0 bridgehead atoms. The normalized spacial score (nSPS) is 20.5. The number of morpholine rings is 1. The fourth-order valence-corrected chi connectivity index (χ4v) is 2.13. The van der Waals surface area contributed by atoms with Gasteiger partial charge in [0.25, 0.3) is 0 Å². The molecular formula is C14H23NO2. The molecule has 1 aromatic heterocycles. The van der Waals surface area contributed by atoms with E-state index in [4.69, 9.17) is 9.15 Å². The molecular weight excluding hydrogens is 214 g/mol. The van der Waals surface area contributed by atoms with Crippen molar-refractivity contribution in [2.75, 3.05) is 26.3 Å². The number of nitrogens with zero attached hydrogens (tertiary/aromatic N) is 1. The third-order valence-corrected chi connectivity index (χ3v) is 3.37. The molecule has 3 nitrogen and oxygen atoms in total. The second kappa shape index (κ2) is 4.83. The van der Waals surface area contributed by atoms with Gasteiger partial charge in [-0.3, -0.25) is 4.90 Å². The highest BCUT2D eigenvalue weighted by atomic mass is 16.5. The summed E-state index contributed by atoms with van der Waals surface area (Å²) in [4.78, 5) is 2.41. The summed E-state index contributed by atoms with van der Waals surface area (Å²) in [6.45, 7) is 12.4. The summed E-state index contributed by atoms with van der Waals surface area (Å²) in [7, 11) is 0. The quantitative estimate of drug-likeness (QED) is 0.790. The number of hydrogen-bond donors (Lipinski definition) is 0. The lowest BCUT2D eigenvalue weighted by atomic mass is 9.94. The first-order chi connectivity index (χ1) is 7.98. The van der Waals surface area contributed by atoms with Crippen LogP contribution in [0.25, 0.3) is 0 Å². The van der Waals surface area contributed by atoms with E-state index >= 15 is 0 Å². The predicted molar refractivity (Wildman–Crippen MR) is 68.2 cm³/mol. The van der Waals surface area contributed by atoms with Crippen LogP contribution in [-0.4, -0.2) is 31.2 Å². The smallest absolute Gasteiger partial charge is 0.121 e. The van der Waals surface area contributed by atoms with Crippen molar-refractivity contribution in [1.82, 2.24) is 4.90 Å². The summed E-state index contributed by atoms with van der Waals surface area (Å²) in [6.07, 6.45) is 0. The summed E-state index contributed by atoms with van der Waals surface area (Å²) >= 11 is 0. The van der Waals surface area contributed by atoms with Gasteiger partial charge in [0.2, 0.25) is 0 Å². The van der Waals surface area contributed by atoms with Crippen molar-refractivity contribution in [3.05, 3.63) is 23.7 Å². The summed E-state index contributed by atoms with van der Waals surface area (Å²) in [5, 5.41) is 0. The van der Waals surface area contributed by atoms with Crippen molar-refractivity contribution < 1.29 is 9.15 Å². The highest BCUT2D eigenvalue weighted by Crippen LogP contribution is 2.29. The Morgan fingerprint density at radius 3 is 2.35 bits per heavy atom. The molecule has 0 aromatic carbocycles. The molecule has 1 atom stereocenters. The molecule has 0 amide bonds. The maximum absolute atomic E-state index is 5.98. The van der Waals surface area contributed by atoms with Crippen LogP contribution in [0.5, 0.6) is 0 Å². The average Bonchev–Trinajstić information content (AvgIpc) is 2.78. The molecule has 96 valence electrons. The van der Waals surface area contributed by atoms with E-state index in [2.05, 4.69) is 44.7 Å². The molecule has 0 aliphatic carbocycles. The van der Waals surface area contributed by atoms with Crippen molar-refractivity contribution in [3.8, 4) is 0 Å². The zero-order chi connectivity index (χ0) is 12.5. The molecule has 1 unspecified atom stereocenters. The Morgan fingerprint density at radius 2 is 1.82 bits per heavy atom. The SMILES string of the molecule is CC(c1ccc(C(C)(C)C)o1)N1CCOCC1. The minimum absolute atomic E-state index is 0.0863. The van der Waals surface area contributed by atoms with E-state index in [1.165, 1.54) is 0 Å². The second-order valence-electron chi connectivity index (χ2n) is 5.78. The molecule has 1 aliphatic rings. The van der Waals surface area contributed by atoms with Crippen LogP contribution in [0.1, 0.15) is 45.3 Å². The van der Waals surface area contributed by atoms with Gasteiger partial charge < -0.3 is 9.15 Å². The van der Waals surface area contributed by atoms with Gasteiger partial charge in [-0.05, 0) is 19.1 Å². The van der Waals surface area contributed by atoms with Crippen LogP contribution in [-0.2, 0) is 10.2 Å². The van der Waals surface area contributed by atoms with E-state index in [-0.39, 0.29) is 5.41 Å². The number of ether oxygens (including phenoxy) is 1. The van der Waals surface area contributed by atoms with Crippen LogP contribution < -0.4 is 0 Å². The first-order valence-electron chi connectivity index (χ1n) is 6.40. The number of furan rings is 1. The van der Waals surface area contributed by atoms with Crippen molar-refractivity contribution >= 4 is 0 Å². The van der Waals surface area contributed by atoms with Crippen molar-refractivity contribution in [2.24, 2.45) is 0 Å². The summed E-state index contributed by atoms with van der Waals surface area (Å²) in [6, 6.07) is 4.56. The van der Waals surface area contributed by atoms with Crippen LogP contribution in [0.2, 0.25) is 0 Å². The van der Waals surface area contributed by atoms with Crippen LogP contribution in [0.3, 0.4) is 0 Å². The molecule has 2 rings (SSSR count). The molecule has 0 spiro atoms. The monoisotopic (exact) mass is 237 g/mol. The van der Waals surface area contributed by atoms with Crippen molar-refractivity contribution in [3.63, 3.8) is 0 Å². The van der Waals surface area contributed by atoms with Gasteiger partial charge in [0.15, 0.2) is 0 Å². The van der Waals surface area contributed by atoms with E-state index < -0.39 is 0 Å². The highest BCUT2D eigenvalue weighted by Gasteiger charge is 2.24. The summed E-state index contributed by atoms with van der Waals surface area (Å²) in [5.74, 6) is 2.13. The van der Waals surface area contributed by atoms with Crippen LogP contribution in [0.4, 0.5) is 0 Å². The van der Waals surface area contributed by atoms with Gasteiger partial charge in [0.1, 0.15) is 11.5 Å². The third kappa shape index (κ3) is 2.90. The van der Waals surface area contributed by atoms with Crippen molar-refractivity contribution in [2.45, 2.75) is 39.2 Å². The molecule has 3 heteroatoms. The Bertz CT molecular complexity index is 359. The zero-order valence-electron chi connectivity index (χ0n) is 11.3. The van der Waals surface area contributed by atoms with E-state index in [0.717, 1.165) is 37.8 Å². The topological polar surface area (TPSA) is 25.6 Å². The molecule has 0 N–H and O–H groups in total. The first-order valence-corrected chi connectivity index (χ1v) is 6.40. The molecule has 0 saturated carbocycles. The third-order valence-electron chi connectivity index (χ3n) is 3.37. The number of hydrogen-bond acceptors (Lipinski definition) is 3. The van der Waals surface area contributed by atoms with Gasteiger partial charge in [0.05, 0.1) is 19.3 Å². The minimum atomic E-state index is 0.0863. The predicted octanol–water partition coefficient (Wildman–Crippen LogP) is 2.97. The average molecular weight is 237 g/mol. The van der Waals surface area contributed by atoms with Gasteiger partial charge in [0, 0.05) is 18.5 Å². The first kappa shape index (κ1) is 12.7. The summed E-state index contributed by atoms with van der Waals surface area (Å²) < 4.78 is 11.4. The molecule has 17 heavy (non-hydrogen) atoms. The lowest BCUT2D eigenvalue weighted by Crippen LogP contribution is -2.37. The van der Waals surface area contributed by atoms with Gasteiger partial charge in [-0.15, -0.1) is 0 Å². The fraction of sp³-hybridized carbons (Fsp3) is 0.714. The Labute approximate surface area is 104 Å². The van der Waals surface area contributed by atoms with E-state index in [1.807, 2.05) is 0 Å². The largest absolute Gasteiger partial charge is 0.464 e. The lowest BCUT2D eigenvalue weighted by Gasteiger charge is -2.31. The lowest BCUT2D eigenvalue weighted by molar-refractivity contribution is 0.0153. The Hall–Kier alpha value is -0.800. The second-order valence-corrected chi connectivity index (χ2v) is 5.78. The molecule has 2 heterocycles. The van der Waals surface area contributed by atoms with Crippen LogP contribution in [0.15, 0.2) is 16.5 Å². The number of rotatable bonds is 2. The van der Waals surface area contributed by atoms with E-state index in [9.17, 15) is 0 Å². The van der Waals surface area contributed by atoms with Gasteiger partial charge >= 0.3 is 0 Å². The fourth-order valence-electron chi connectivity index (χ4n) is 2.13. The van der Waals surface area contributed by atoms with Crippen LogP contribution >= 0.6 is 0 Å². The van der Waals surface area contributed by atoms with Gasteiger partial charge in [-0.1, -0.05) is 20.8 Å². The summed E-state index contributed by atoms with van der Waals surface area (Å²) in [5.41, 5.74) is 0.0863. The zero-order valence-corrected chi connectivity index (χ0v) is 11.3. The van der Waals surface area contributed by atoms with Crippen molar-refractivity contribution in [1.29, 1.82) is 0 Å². The Kier molecular flexibility index (Phi) is 3.59.